The van der Waals surface area contributed by atoms with E-state index in [0.717, 1.165) is 17.7 Å². The standard InChI is InChI=1S/C14H17N3O4S2/c1-21-14(18)16-13(22)15-11-7-6-10(8-12(11)17(19)20)23-9-4-2-3-5-9/h6-9H,2-5H2,1H3,(H2,15,16,18,22). The Labute approximate surface area is 143 Å². The second-order valence-corrected chi connectivity index (χ2v) is 6.81. The van der Waals surface area contributed by atoms with E-state index in [2.05, 4.69) is 15.4 Å². The fourth-order valence-electron chi connectivity index (χ4n) is 2.34. The van der Waals surface area contributed by atoms with Crippen LogP contribution in [0.5, 0.6) is 0 Å². The van der Waals surface area contributed by atoms with Gasteiger partial charge in [0.1, 0.15) is 5.69 Å². The number of thioether (sulfide) groups is 1. The summed E-state index contributed by atoms with van der Waals surface area (Å²) in [4.78, 5) is 22.7. The number of carbonyl (C=O) groups excluding carboxylic acids is 1. The minimum atomic E-state index is -0.737. The van der Waals surface area contributed by atoms with Crippen molar-refractivity contribution in [2.24, 2.45) is 0 Å². The van der Waals surface area contributed by atoms with Gasteiger partial charge in [0.05, 0.1) is 12.0 Å². The molecule has 1 fully saturated rings. The molecular formula is C14H17N3O4S2. The van der Waals surface area contributed by atoms with Crippen LogP contribution in [0.25, 0.3) is 0 Å². The Morgan fingerprint density at radius 1 is 1.43 bits per heavy atom. The number of ether oxygens (including phenoxy) is 1. The van der Waals surface area contributed by atoms with Crippen LogP contribution in [0, 0.1) is 10.1 Å². The summed E-state index contributed by atoms with van der Waals surface area (Å²) in [6.07, 6.45) is 3.98. The van der Waals surface area contributed by atoms with Crippen LogP contribution < -0.4 is 10.6 Å². The lowest BCUT2D eigenvalue weighted by Gasteiger charge is -2.12. The van der Waals surface area contributed by atoms with Crippen molar-refractivity contribution in [2.45, 2.75) is 35.8 Å². The average Bonchev–Trinajstić information content (AvgIpc) is 3.01. The van der Waals surface area contributed by atoms with Gasteiger partial charge in [-0.25, -0.2) is 4.79 Å². The van der Waals surface area contributed by atoms with Gasteiger partial charge in [-0.3, -0.25) is 15.4 Å². The zero-order chi connectivity index (χ0) is 16.8. The van der Waals surface area contributed by atoms with E-state index in [1.54, 1.807) is 17.8 Å². The third-order valence-electron chi connectivity index (χ3n) is 3.42. The maximum Gasteiger partial charge on any atom is 0.413 e. The SMILES string of the molecule is COC(=O)NC(=S)Nc1ccc(SC2CCCC2)cc1[N+](=O)[O-]. The highest BCUT2D eigenvalue weighted by Gasteiger charge is 2.20. The van der Waals surface area contributed by atoms with E-state index in [1.165, 1.54) is 26.0 Å². The summed E-state index contributed by atoms with van der Waals surface area (Å²) in [6.45, 7) is 0. The van der Waals surface area contributed by atoms with Crippen molar-refractivity contribution in [3.05, 3.63) is 28.3 Å². The molecule has 0 aliphatic heterocycles. The molecule has 0 atom stereocenters. The van der Waals surface area contributed by atoms with Gasteiger partial charge in [-0.1, -0.05) is 12.8 Å². The lowest BCUT2D eigenvalue weighted by atomic mass is 10.2. The molecule has 1 amide bonds. The normalized spacial score (nSPS) is 14.3. The summed E-state index contributed by atoms with van der Waals surface area (Å²) in [6, 6.07) is 4.95. The highest BCUT2D eigenvalue weighted by atomic mass is 32.2. The van der Waals surface area contributed by atoms with Crippen LogP contribution in [0.2, 0.25) is 0 Å². The van der Waals surface area contributed by atoms with Crippen LogP contribution in [-0.4, -0.2) is 28.5 Å². The Morgan fingerprint density at radius 3 is 2.74 bits per heavy atom. The van der Waals surface area contributed by atoms with Crippen LogP contribution in [0.15, 0.2) is 23.1 Å². The molecule has 1 saturated carbocycles. The number of thiocarbonyl (C=S) groups is 1. The van der Waals surface area contributed by atoms with Crippen molar-refractivity contribution in [2.75, 3.05) is 12.4 Å². The zero-order valence-electron chi connectivity index (χ0n) is 12.5. The summed E-state index contributed by atoms with van der Waals surface area (Å²) in [5.41, 5.74) is 0.147. The Kier molecular flexibility index (Phi) is 6.17. The van der Waals surface area contributed by atoms with Crippen LogP contribution >= 0.6 is 24.0 Å². The van der Waals surface area contributed by atoms with Crippen LogP contribution in [-0.2, 0) is 4.74 Å². The Bertz CT molecular complexity index is 618. The first-order valence-electron chi connectivity index (χ1n) is 7.10. The van der Waals surface area contributed by atoms with Gasteiger partial charge in [0, 0.05) is 16.2 Å². The van der Waals surface area contributed by atoms with E-state index in [-0.39, 0.29) is 16.5 Å². The van der Waals surface area contributed by atoms with Crippen LogP contribution in [0.1, 0.15) is 25.7 Å². The molecule has 2 N–H and O–H groups in total. The molecule has 9 heteroatoms. The highest BCUT2D eigenvalue weighted by molar-refractivity contribution is 8.00. The van der Waals surface area contributed by atoms with Gasteiger partial charge in [0.2, 0.25) is 0 Å². The first-order chi connectivity index (χ1) is 11.0. The molecule has 1 aromatic carbocycles. The molecule has 0 heterocycles. The number of hydrogen-bond acceptors (Lipinski definition) is 6. The maximum atomic E-state index is 11.3. The topological polar surface area (TPSA) is 93.5 Å². The number of anilines is 1. The summed E-state index contributed by atoms with van der Waals surface area (Å²) >= 11 is 6.59. The Hall–Kier alpha value is -1.87. The first kappa shape index (κ1) is 17.5. The molecule has 2 rings (SSSR count). The Morgan fingerprint density at radius 2 is 2.13 bits per heavy atom. The first-order valence-corrected chi connectivity index (χ1v) is 8.39. The third-order valence-corrected chi connectivity index (χ3v) is 4.95. The molecule has 1 aliphatic rings. The lowest BCUT2D eigenvalue weighted by Crippen LogP contribution is -2.34. The van der Waals surface area contributed by atoms with Gasteiger partial charge in [-0.15, -0.1) is 11.8 Å². The van der Waals surface area contributed by atoms with E-state index in [0.29, 0.717) is 5.25 Å². The summed E-state index contributed by atoms with van der Waals surface area (Å²) in [7, 11) is 1.20. The zero-order valence-corrected chi connectivity index (χ0v) is 14.2. The van der Waals surface area contributed by atoms with E-state index >= 15 is 0 Å². The van der Waals surface area contributed by atoms with Crippen molar-refractivity contribution >= 4 is 46.6 Å². The fraction of sp³-hybridized carbons (Fsp3) is 0.429. The predicted octanol–water partition coefficient (Wildman–Crippen LogP) is 3.68. The number of carbonyl (C=O) groups is 1. The van der Waals surface area contributed by atoms with Gasteiger partial charge in [-0.05, 0) is 37.2 Å². The second-order valence-electron chi connectivity index (χ2n) is 5.03. The monoisotopic (exact) mass is 355 g/mol. The van der Waals surface area contributed by atoms with E-state index in [4.69, 9.17) is 12.2 Å². The van der Waals surface area contributed by atoms with Crippen molar-refractivity contribution in [1.82, 2.24) is 5.32 Å². The molecule has 0 spiro atoms. The van der Waals surface area contributed by atoms with Crippen LogP contribution in [0.4, 0.5) is 16.2 Å². The van der Waals surface area contributed by atoms with E-state index in [1.807, 2.05) is 6.07 Å². The van der Waals surface area contributed by atoms with Crippen molar-refractivity contribution in [1.29, 1.82) is 0 Å². The molecule has 0 bridgehead atoms. The van der Waals surface area contributed by atoms with E-state index < -0.39 is 11.0 Å². The van der Waals surface area contributed by atoms with Gasteiger partial charge < -0.3 is 10.1 Å². The molecule has 0 saturated heterocycles. The number of methoxy groups -OCH3 is 1. The summed E-state index contributed by atoms with van der Waals surface area (Å²) in [5.74, 6) is 0. The molecule has 7 nitrogen and oxygen atoms in total. The minimum Gasteiger partial charge on any atom is -0.453 e. The van der Waals surface area contributed by atoms with E-state index in [9.17, 15) is 14.9 Å². The quantitative estimate of drug-likeness (QED) is 0.483. The number of benzene rings is 1. The van der Waals surface area contributed by atoms with Gasteiger partial charge in [0.15, 0.2) is 5.11 Å². The molecule has 124 valence electrons. The molecule has 1 aromatic rings. The van der Waals surface area contributed by atoms with Crippen molar-refractivity contribution in [3.8, 4) is 0 Å². The maximum absolute atomic E-state index is 11.3. The fourth-order valence-corrected chi connectivity index (χ4v) is 3.81. The average molecular weight is 355 g/mol. The van der Waals surface area contributed by atoms with Crippen molar-refractivity contribution in [3.63, 3.8) is 0 Å². The lowest BCUT2D eigenvalue weighted by molar-refractivity contribution is -0.384. The number of alkyl carbamates (subject to hydrolysis) is 1. The number of nitrogens with zero attached hydrogens (tertiary/aromatic N) is 1. The highest BCUT2D eigenvalue weighted by Crippen LogP contribution is 2.37. The smallest absolute Gasteiger partial charge is 0.413 e. The number of nitro benzene ring substituents is 1. The minimum absolute atomic E-state index is 0.0591. The van der Waals surface area contributed by atoms with Crippen LogP contribution in [0.3, 0.4) is 0 Å². The number of hydrogen-bond donors (Lipinski definition) is 2. The number of amides is 1. The predicted molar refractivity (Wildman–Crippen MR) is 93.0 cm³/mol. The number of rotatable bonds is 4. The molecule has 1 aliphatic carbocycles. The summed E-state index contributed by atoms with van der Waals surface area (Å²) < 4.78 is 4.41. The Balaban J connectivity index is 2.11. The molecule has 0 aromatic heterocycles. The second kappa shape index (κ2) is 8.11. The third kappa shape index (κ3) is 5.07. The van der Waals surface area contributed by atoms with Gasteiger partial charge >= 0.3 is 6.09 Å². The molecule has 0 unspecified atom stereocenters. The number of nitro groups is 1. The summed E-state index contributed by atoms with van der Waals surface area (Å²) in [5, 5.41) is 16.6. The number of nitrogens with one attached hydrogen (secondary N) is 2. The molecular weight excluding hydrogens is 338 g/mol. The van der Waals surface area contributed by atoms with Gasteiger partial charge in [-0.2, -0.15) is 0 Å². The molecule has 23 heavy (non-hydrogen) atoms. The largest absolute Gasteiger partial charge is 0.453 e. The molecule has 0 radical (unpaired) electrons. The van der Waals surface area contributed by atoms with Crippen molar-refractivity contribution < 1.29 is 14.5 Å². The van der Waals surface area contributed by atoms with Gasteiger partial charge in [0.25, 0.3) is 5.69 Å².